The number of thioether (sulfide) groups is 1. The first-order valence-electron chi connectivity index (χ1n) is 5.24. The van der Waals surface area contributed by atoms with Crippen molar-refractivity contribution in [3.05, 3.63) is 64.1 Å². The van der Waals surface area contributed by atoms with Crippen molar-refractivity contribution < 1.29 is 0 Å². The van der Waals surface area contributed by atoms with E-state index in [2.05, 4.69) is 46.5 Å². The van der Waals surface area contributed by atoms with E-state index < -0.39 is 0 Å². The molecule has 0 saturated carbocycles. The number of hydrogen-bond acceptors (Lipinski definition) is 1. The lowest BCUT2D eigenvalue weighted by molar-refractivity contribution is 1.13. The fourth-order valence-corrected chi connectivity index (χ4v) is 2.56. The van der Waals surface area contributed by atoms with Gasteiger partial charge < -0.3 is 0 Å². The lowest BCUT2D eigenvalue weighted by Gasteiger charge is -2.10. The second kappa shape index (κ2) is 5.94. The number of alkyl halides is 1. The van der Waals surface area contributed by atoms with Gasteiger partial charge in [-0.3, -0.25) is 0 Å². The largest absolute Gasteiger partial charge is 0.130 e. The van der Waals surface area contributed by atoms with Crippen molar-refractivity contribution in [3.63, 3.8) is 0 Å². The third-order valence-corrected chi connectivity index (χ3v) is 4.35. The molecular formula is C14H12BrClS. The molecule has 0 radical (unpaired) electrons. The van der Waals surface area contributed by atoms with E-state index in [4.69, 9.17) is 11.6 Å². The highest BCUT2D eigenvalue weighted by molar-refractivity contribution is 9.10. The number of benzene rings is 2. The van der Waals surface area contributed by atoms with Crippen molar-refractivity contribution in [1.29, 1.82) is 0 Å². The normalized spacial score (nSPS) is 12.4. The van der Waals surface area contributed by atoms with E-state index in [1.165, 1.54) is 4.90 Å². The Morgan fingerprint density at radius 1 is 0.941 bits per heavy atom. The van der Waals surface area contributed by atoms with Crippen molar-refractivity contribution >= 4 is 39.3 Å². The molecule has 3 heteroatoms. The average molecular weight is 328 g/mol. The van der Waals surface area contributed by atoms with Crippen molar-refractivity contribution in [3.8, 4) is 0 Å². The van der Waals surface area contributed by atoms with E-state index in [1.54, 1.807) is 11.8 Å². The minimum atomic E-state index is -0.0843. The van der Waals surface area contributed by atoms with Crippen molar-refractivity contribution in [2.75, 3.05) is 6.26 Å². The third-order valence-electron chi connectivity index (χ3n) is 2.57. The van der Waals surface area contributed by atoms with Gasteiger partial charge in [0, 0.05) is 9.37 Å². The summed E-state index contributed by atoms with van der Waals surface area (Å²) in [7, 11) is 0. The fraction of sp³-hybridized carbons (Fsp3) is 0.143. The summed E-state index contributed by atoms with van der Waals surface area (Å²) in [6, 6.07) is 16.5. The van der Waals surface area contributed by atoms with Gasteiger partial charge in [-0.1, -0.05) is 40.2 Å². The summed E-state index contributed by atoms with van der Waals surface area (Å²) in [5.74, 6) is 0. The molecule has 0 saturated heterocycles. The zero-order valence-corrected chi connectivity index (χ0v) is 12.5. The maximum Gasteiger partial charge on any atom is 0.0835 e. The van der Waals surface area contributed by atoms with Crippen LogP contribution in [-0.4, -0.2) is 6.26 Å². The molecule has 0 nitrogen and oxygen atoms in total. The Morgan fingerprint density at radius 3 is 1.88 bits per heavy atom. The van der Waals surface area contributed by atoms with Crippen LogP contribution in [0.15, 0.2) is 57.9 Å². The minimum Gasteiger partial charge on any atom is -0.130 e. The fourth-order valence-electron chi connectivity index (χ4n) is 1.60. The first-order chi connectivity index (χ1) is 8.20. The van der Waals surface area contributed by atoms with E-state index in [0.717, 1.165) is 15.6 Å². The summed E-state index contributed by atoms with van der Waals surface area (Å²) in [6.45, 7) is 0. The van der Waals surface area contributed by atoms with Gasteiger partial charge in [0.1, 0.15) is 0 Å². The Labute approximate surface area is 120 Å². The van der Waals surface area contributed by atoms with Crippen LogP contribution in [0.2, 0.25) is 0 Å². The van der Waals surface area contributed by atoms with E-state index >= 15 is 0 Å². The molecule has 0 aliphatic carbocycles. The van der Waals surface area contributed by atoms with Crippen molar-refractivity contribution in [1.82, 2.24) is 0 Å². The monoisotopic (exact) mass is 326 g/mol. The predicted octanol–water partition coefficient (Wildman–Crippen LogP) is 5.50. The number of rotatable bonds is 3. The highest BCUT2D eigenvalue weighted by Crippen LogP contribution is 2.30. The molecule has 2 rings (SSSR count). The molecule has 0 bridgehead atoms. The SMILES string of the molecule is CSc1ccc(C(Cl)c2ccc(Br)cc2)cc1. The van der Waals surface area contributed by atoms with Gasteiger partial charge in [-0.25, -0.2) is 0 Å². The van der Waals surface area contributed by atoms with Gasteiger partial charge in [0.05, 0.1) is 5.38 Å². The number of halogens is 2. The smallest absolute Gasteiger partial charge is 0.0835 e. The van der Waals surface area contributed by atoms with Gasteiger partial charge in [-0.15, -0.1) is 23.4 Å². The van der Waals surface area contributed by atoms with Gasteiger partial charge in [0.2, 0.25) is 0 Å². The van der Waals surface area contributed by atoms with Gasteiger partial charge in [0.15, 0.2) is 0 Å². The molecule has 1 unspecified atom stereocenters. The Kier molecular flexibility index (Phi) is 4.55. The van der Waals surface area contributed by atoms with Crippen LogP contribution in [0.5, 0.6) is 0 Å². The van der Waals surface area contributed by atoms with Crippen LogP contribution >= 0.6 is 39.3 Å². The highest BCUT2D eigenvalue weighted by atomic mass is 79.9. The van der Waals surface area contributed by atoms with E-state index in [9.17, 15) is 0 Å². The molecule has 2 aromatic carbocycles. The molecule has 0 N–H and O–H groups in total. The number of hydrogen-bond donors (Lipinski definition) is 0. The maximum atomic E-state index is 6.46. The predicted molar refractivity (Wildman–Crippen MR) is 80.1 cm³/mol. The van der Waals surface area contributed by atoms with E-state index in [-0.39, 0.29) is 5.38 Å². The molecule has 2 aromatic rings. The molecule has 0 aliphatic rings. The Bertz CT molecular complexity index is 479. The van der Waals surface area contributed by atoms with Crippen LogP contribution < -0.4 is 0 Å². The van der Waals surface area contributed by atoms with Crippen molar-refractivity contribution in [2.24, 2.45) is 0 Å². The Morgan fingerprint density at radius 2 is 1.41 bits per heavy atom. The summed E-state index contributed by atoms with van der Waals surface area (Å²) in [6.07, 6.45) is 2.07. The zero-order valence-electron chi connectivity index (χ0n) is 9.36. The quantitative estimate of drug-likeness (QED) is 0.530. The van der Waals surface area contributed by atoms with Gasteiger partial charge >= 0.3 is 0 Å². The molecule has 88 valence electrons. The summed E-state index contributed by atoms with van der Waals surface area (Å²) < 4.78 is 1.07. The zero-order chi connectivity index (χ0) is 12.3. The van der Waals surface area contributed by atoms with Crippen molar-refractivity contribution in [2.45, 2.75) is 10.3 Å². The lowest BCUT2D eigenvalue weighted by atomic mass is 10.0. The first kappa shape index (κ1) is 13.0. The molecule has 0 heterocycles. The molecule has 17 heavy (non-hydrogen) atoms. The van der Waals surface area contributed by atoms with Gasteiger partial charge in [0.25, 0.3) is 0 Å². The summed E-state index contributed by atoms with van der Waals surface area (Å²) >= 11 is 11.6. The summed E-state index contributed by atoms with van der Waals surface area (Å²) in [5, 5.41) is -0.0843. The van der Waals surface area contributed by atoms with Crippen LogP contribution in [0.3, 0.4) is 0 Å². The van der Waals surface area contributed by atoms with Gasteiger partial charge in [-0.2, -0.15) is 0 Å². The first-order valence-corrected chi connectivity index (χ1v) is 7.69. The third kappa shape index (κ3) is 3.27. The molecule has 0 aliphatic heterocycles. The summed E-state index contributed by atoms with van der Waals surface area (Å²) in [4.78, 5) is 1.26. The van der Waals surface area contributed by atoms with E-state index in [0.29, 0.717) is 0 Å². The maximum absolute atomic E-state index is 6.46. The molecular weight excluding hydrogens is 316 g/mol. The minimum absolute atomic E-state index is 0.0843. The molecule has 0 aromatic heterocycles. The highest BCUT2D eigenvalue weighted by Gasteiger charge is 2.10. The molecule has 0 spiro atoms. The van der Waals surface area contributed by atoms with Crippen LogP contribution in [0.25, 0.3) is 0 Å². The second-order valence-electron chi connectivity index (χ2n) is 3.69. The van der Waals surface area contributed by atoms with E-state index in [1.807, 2.05) is 24.3 Å². The Balaban J connectivity index is 2.23. The summed E-state index contributed by atoms with van der Waals surface area (Å²) in [5.41, 5.74) is 2.25. The van der Waals surface area contributed by atoms with Crippen LogP contribution in [-0.2, 0) is 0 Å². The Hall–Kier alpha value is -0.440. The molecule has 0 amide bonds. The molecule has 1 atom stereocenters. The van der Waals surface area contributed by atoms with Crippen LogP contribution in [0.4, 0.5) is 0 Å². The van der Waals surface area contributed by atoms with Crippen LogP contribution in [0, 0.1) is 0 Å². The standard InChI is InChI=1S/C14H12BrClS/c1-17-13-8-4-11(5-9-13)14(16)10-2-6-12(15)7-3-10/h2-9,14H,1H3. The van der Waals surface area contributed by atoms with Gasteiger partial charge in [-0.05, 0) is 41.6 Å². The molecule has 0 fully saturated rings. The topological polar surface area (TPSA) is 0 Å². The second-order valence-corrected chi connectivity index (χ2v) is 5.92. The lowest BCUT2D eigenvalue weighted by Crippen LogP contribution is -1.92. The van der Waals surface area contributed by atoms with Crippen LogP contribution in [0.1, 0.15) is 16.5 Å². The average Bonchev–Trinajstić information content (AvgIpc) is 2.39.